The predicted octanol–water partition coefficient (Wildman–Crippen LogP) is 4.10. The first-order chi connectivity index (χ1) is 8.54. The first-order valence-electron chi connectivity index (χ1n) is 6.69. The predicted molar refractivity (Wildman–Crippen MR) is 77.3 cm³/mol. The topological polar surface area (TPSA) is 22.0 Å². The Balaban J connectivity index is 2.68. The minimum absolute atomic E-state index is 0.129. The molecule has 0 spiro atoms. The zero-order chi connectivity index (χ0) is 13.3. The first kappa shape index (κ1) is 12.9. The van der Waals surface area contributed by atoms with Crippen molar-refractivity contribution in [2.75, 3.05) is 0 Å². The van der Waals surface area contributed by atoms with Gasteiger partial charge >= 0.3 is 0 Å². The largest absolute Gasteiger partial charge is 0.312 e. The number of rotatable bonds is 3. The number of aromatic nitrogens is 1. The van der Waals surface area contributed by atoms with E-state index in [-0.39, 0.29) is 11.6 Å². The fraction of sp³-hybridized carbons (Fsp3) is 0.438. The molecule has 0 radical (unpaired) electrons. The van der Waals surface area contributed by atoms with Crippen LogP contribution in [0.3, 0.4) is 0 Å². The molecule has 0 saturated heterocycles. The van der Waals surface area contributed by atoms with Gasteiger partial charge in [-0.3, -0.25) is 4.79 Å². The third-order valence-electron chi connectivity index (χ3n) is 3.69. The van der Waals surface area contributed by atoms with Crippen LogP contribution in [0.25, 0.3) is 10.8 Å². The van der Waals surface area contributed by atoms with Crippen molar-refractivity contribution in [3.8, 4) is 0 Å². The Morgan fingerprint density at radius 3 is 2.50 bits per heavy atom. The van der Waals surface area contributed by atoms with Gasteiger partial charge in [0.15, 0.2) is 0 Å². The molecule has 2 heteroatoms. The Morgan fingerprint density at radius 1 is 1.17 bits per heavy atom. The second-order valence-electron chi connectivity index (χ2n) is 5.29. The Morgan fingerprint density at radius 2 is 1.89 bits per heavy atom. The van der Waals surface area contributed by atoms with Crippen molar-refractivity contribution >= 4 is 10.8 Å². The number of benzene rings is 1. The van der Waals surface area contributed by atoms with Crippen molar-refractivity contribution in [2.45, 2.75) is 46.1 Å². The number of pyridine rings is 1. The van der Waals surface area contributed by atoms with Crippen LogP contribution in [0.1, 0.15) is 51.6 Å². The number of fused-ring (bicyclic) bond motifs is 1. The Hall–Kier alpha value is -1.57. The number of nitrogens with zero attached hydrogens (tertiary/aromatic N) is 1. The molecule has 1 unspecified atom stereocenters. The number of hydrogen-bond acceptors (Lipinski definition) is 1. The molecule has 1 aromatic heterocycles. The monoisotopic (exact) mass is 243 g/mol. The first-order valence-corrected chi connectivity index (χ1v) is 6.69. The maximum Gasteiger partial charge on any atom is 0.258 e. The lowest BCUT2D eigenvalue weighted by molar-refractivity contribution is 0.517. The molecule has 0 aliphatic rings. The molecule has 2 nitrogen and oxygen atoms in total. The lowest BCUT2D eigenvalue weighted by Gasteiger charge is -2.14. The molecule has 1 aromatic carbocycles. The van der Waals surface area contributed by atoms with E-state index in [1.807, 2.05) is 29.0 Å². The highest BCUT2D eigenvalue weighted by molar-refractivity contribution is 5.82. The summed E-state index contributed by atoms with van der Waals surface area (Å²) in [5.41, 5.74) is 1.35. The zero-order valence-electron chi connectivity index (χ0n) is 11.6. The lowest BCUT2D eigenvalue weighted by atomic mass is 10.00. The number of hydrogen-bond donors (Lipinski definition) is 0. The highest BCUT2D eigenvalue weighted by Crippen LogP contribution is 2.20. The average Bonchev–Trinajstić information content (AvgIpc) is 2.38. The fourth-order valence-corrected chi connectivity index (χ4v) is 2.17. The maximum atomic E-state index is 12.5. The summed E-state index contributed by atoms with van der Waals surface area (Å²) in [7, 11) is 0. The van der Waals surface area contributed by atoms with E-state index in [0.717, 1.165) is 17.2 Å². The van der Waals surface area contributed by atoms with Crippen LogP contribution in [-0.2, 0) is 0 Å². The van der Waals surface area contributed by atoms with Gasteiger partial charge in [0.05, 0.1) is 0 Å². The summed E-state index contributed by atoms with van der Waals surface area (Å²) in [6.45, 7) is 8.49. The summed E-state index contributed by atoms with van der Waals surface area (Å²) >= 11 is 0. The van der Waals surface area contributed by atoms with Gasteiger partial charge in [0, 0.05) is 17.6 Å². The molecule has 0 amide bonds. The molecular weight excluding hydrogens is 222 g/mol. The van der Waals surface area contributed by atoms with Crippen LogP contribution in [-0.4, -0.2) is 4.57 Å². The van der Waals surface area contributed by atoms with Crippen LogP contribution >= 0.6 is 0 Å². The van der Waals surface area contributed by atoms with Gasteiger partial charge in [0.2, 0.25) is 0 Å². The van der Waals surface area contributed by atoms with Gasteiger partial charge in [-0.15, -0.1) is 0 Å². The minimum atomic E-state index is 0.129. The Kier molecular flexibility index (Phi) is 3.55. The summed E-state index contributed by atoms with van der Waals surface area (Å²) in [6, 6.07) is 8.49. The van der Waals surface area contributed by atoms with E-state index in [0.29, 0.717) is 5.92 Å². The lowest BCUT2D eigenvalue weighted by Crippen LogP contribution is -2.22. The van der Waals surface area contributed by atoms with Gasteiger partial charge in [-0.1, -0.05) is 32.9 Å². The summed E-state index contributed by atoms with van der Waals surface area (Å²) in [5.74, 6) is 0.450. The third kappa shape index (κ3) is 2.20. The van der Waals surface area contributed by atoms with E-state index < -0.39 is 0 Å². The summed E-state index contributed by atoms with van der Waals surface area (Å²) in [4.78, 5) is 12.5. The maximum absolute atomic E-state index is 12.5. The smallest absolute Gasteiger partial charge is 0.258 e. The van der Waals surface area contributed by atoms with Gasteiger partial charge in [0.25, 0.3) is 5.56 Å². The van der Waals surface area contributed by atoms with Crippen molar-refractivity contribution in [3.63, 3.8) is 0 Å². The van der Waals surface area contributed by atoms with Crippen LogP contribution in [0.15, 0.2) is 35.3 Å². The Bertz CT molecular complexity index is 610. The molecule has 2 aromatic rings. The summed E-state index contributed by atoms with van der Waals surface area (Å²) < 4.78 is 1.84. The van der Waals surface area contributed by atoms with E-state index in [1.54, 1.807) is 0 Å². The van der Waals surface area contributed by atoms with Crippen molar-refractivity contribution < 1.29 is 0 Å². The van der Waals surface area contributed by atoms with Gasteiger partial charge in [-0.2, -0.15) is 0 Å². The van der Waals surface area contributed by atoms with E-state index in [1.165, 1.54) is 5.56 Å². The van der Waals surface area contributed by atoms with Gasteiger partial charge < -0.3 is 4.57 Å². The van der Waals surface area contributed by atoms with Crippen molar-refractivity contribution in [2.24, 2.45) is 0 Å². The van der Waals surface area contributed by atoms with Crippen molar-refractivity contribution in [1.29, 1.82) is 0 Å². The van der Waals surface area contributed by atoms with Crippen molar-refractivity contribution in [1.82, 2.24) is 4.57 Å². The summed E-state index contributed by atoms with van der Waals surface area (Å²) in [5, 5.41) is 1.87. The van der Waals surface area contributed by atoms with E-state index >= 15 is 0 Å². The van der Waals surface area contributed by atoms with Crippen LogP contribution < -0.4 is 5.56 Å². The quantitative estimate of drug-likeness (QED) is 0.795. The summed E-state index contributed by atoms with van der Waals surface area (Å²) in [6.07, 6.45) is 2.88. The molecule has 0 fully saturated rings. The second kappa shape index (κ2) is 4.97. The molecule has 0 aliphatic carbocycles. The van der Waals surface area contributed by atoms with Crippen molar-refractivity contribution in [3.05, 3.63) is 46.4 Å². The second-order valence-corrected chi connectivity index (χ2v) is 5.29. The molecule has 0 aliphatic heterocycles. The van der Waals surface area contributed by atoms with Crippen LogP contribution in [0.5, 0.6) is 0 Å². The molecule has 0 saturated carbocycles. The molecule has 1 heterocycles. The van der Waals surface area contributed by atoms with Gasteiger partial charge in [-0.05, 0) is 42.3 Å². The molecule has 0 bridgehead atoms. The van der Waals surface area contributed by atoms with E-state index in [4.69, 9.17) is 0 Å². The van der Waals surface area contributed by atoms with E-state index in [9.17, 15) is 4.79 Å². The molecule has 96 valence electrons. The zero-order valence-corrected chi connectivity index (χ0v) is 11.6. The van der Waals surface area contributed by atoms with Crippen LogP contribution in [0.4, 0.5) is 0 Å². The normalized spacial score (nSPS) is 13.2. The molecule has 0 N–H and O–H groups in total. The molecule has 2 rings (SSSR count). The standard InChI is InChI=1S/C16H21NO/c1-5-12(4)17-9-8-13-6-7-14(11(2)3)10-15(13)16(17)18/h6-12H,5H2,1-4H3. The molecule has 18 heavy (non-hydrogen) atoms. The fourth-order valence-electron chi connectivity index (χ4n) is 2.17. The Labute approximate surface area is 108 Å². The van der Waals surface area contributed by atoms with E-state index in [2.05, 4.69) is 33.8 Å². The van der Waals surface area contributed by atoms with Crippen LogP contribution in [0, 0.1) is 0 Å². The van der Waals surface area contributed by atoms with Gasteiger partial charge in [0.1, 0.15) is 0 Å². The highest BCUT2D eigenvalue weighted by Gasteiger charge is 2.08. The third-order valence-corrected chi connectivity index (χ3v) is 3.69. The molecule has 1 atom stereocenters. The highest BCUT2D eigenvalue weighted by atomic mass is 16.1. The van der Waals surface area contributed by atoms with Gasteiger partial charge in [-0.25, -0.2) is 0 Å². The minimum Gasteiger partial charge on any atom is -0.312 e. The van der Waals surface area contributed by atoms with Crippen LogP contribution in [0.2, 0.25) is 0 Å². The SMILES string of the molecule is CCC(C)n1ccc2ccc(C(C)C)cc2c1=O. The average molecular weight is 243 g/mol. The molecular formula is C16H21NO.